The van der Waals surface area contributed by atoms with Gasteiger partial charge in [0.1, 0.15) is 48.9 Å². The molecule has 14 heteroatoms. The summed E-state index contributed by atoms with van der Waals surface area (Å²) < 4.78 is 28.2. The van der Waals surface area contributed by atoms with E-state index in [1.807, 2.05) is 0 Å². The molecular formula is C38H37NO13. The Labute approximate surface area is 298 Å². The summed E-state index contributed by atoms with van der Waals surface area (Å²) in [6.07, 6.45) is -0.367. The van der Waals surface area contributed by atoms with Crippen LogP contribution in [0.2, 0.25) is 0 Å². The van der Waals surface area contributed by atoms with Gasteiger partial charge in [-0.2, -0.15) is 0 Å². The summed E-state index contributed by atoms with van der Waals surface area (Å²) >= 11 is 0. The first-order chi connectivity index (χ1) is 25.0. The highest BCUT2D eigenvalue weighted by Gasteiger charge is 2.45. The van der Waals surface area contributed by atoms with Crippen molar-refractivity contribution in [2.45, 2.75) is 63.4 Å². The number of terminal acetylenes is 1. The number of nitrogens with one attached hydrogen (secondary N) is 1. The van der Waals surface area contributed by atoms with E-state index < -0.39 is 89.2 Å². The number of phenols is 2. The lowest BCUT2D eigenvalue weighted by Crippen LogP contribution is -2.55. The van der Waals surface area contributed by atoms with Gasteiger partial charge in [-0.15, -0.1) is 6.42 Å². The lowest BCUT2D eigenvalue weighted by molar-refractivity contribution is -0.245. The van der Waals surface area contributed by atoms with Crippen molar-refractivity contribution < 1.29 is 63.3 Å². The molecule has 0 aromatic heterocycles. The van der Waals surface area contributed by atoms with Crippen LogP contribution in [0.4, 0.5) is 4.79 Å². The molecule has 3 aromatic carbocycles. The third kappa shape index (κ3) is 6.79. The first kappa shape index (κ1) is 36.3. The number of amides is 1. The van der Waals surface area contributed by atoms with E-state index in [9.17, 15) is 39.6 Å². The number of fused-ring (bicyclic) bond motifs is 3. The van der Waals surface area contributed by atoms with Crippen molar-refractivity contribution in [2.75, 3.05) is 20.3 Å². The van der Waals surface area contributed by atoms with Gasteiger partial charge in [0.25, 0.3) is 0 Å². The van der Waals surface area contributed by atoms with E-state index in [0.717, 1.165) is 0 Å². The molecule has 14 nitrogen and oxygen atoms in total. The lowest BCUT2D eigenvalue weighted by atomic mass is 9.73. The van der Waals surface area contributed by atoms with Gasteiger partial charge in [-0.1, -0.05) is 30.2 Å². The number of hydrogen-bond acceptors (Lipinski definition) is 13. The van der Waals surface area contributed by atoms with Crippen molar-refractivity contribution in [1.82, 2.24) is 5.32 Å². The molecule has 6 atom stereocenters. The topological polar surface area (TPSA) is 207 Å². The molecule has 0 spiro atoms. The predicted molar refractivity (Wildman–Crippen MR) is 180 cm³/mol. The van der Waals surface area contributed by atoms with E-state index in [2.05, 4.69) is 11.2 Å². The lowest BCUT2D eigenvalue weighted by Gasteiger charge is -2.41. The number of Topliss-reactive ketones (excluding diaryl/α,β-unsaturated/α-hetero) is 1. The fraction of sp³-hybridized carbons (Fsp3) is 0.368. The maximum Gasteiger partial charge on any atom is 0.407 e. The van der Waals surface area contributed by atoms with Crippen LogP contribution in [0.5, 0.6) is 23.0 Å². The quantitative estimate of drug-likeness (QED) is 0.118. The number of ketones is 3. The summed E-state index contributed by atoms with van der Waals surface area (Å²) in [6, 6.07) is 10.3. The minimum Gasteiger partial charge on any atom is -0.507 e. The standard InChI is InChI=1S/C38H37NO13/c1-4-12-49-21-10-8-19(9-11-21)17-50-38(47)39-24-15-28(51-18(2)33(24)42)52-27-14-20(25(41)16-40)13-23-30(27)37(46)32-31(35(23)44)34(43)22-6-5-7-26(48-3)29(22)36(32)45/h1,5-11,18,20,24,27-28,33,40,42,44,46H,12-17H2,2-3H3,(H,39,47)/t18-,20?,24-,27-,28-,33+/m0/s1. The van der Waals surface area contributed by atoms with Gasteiger partial charge in [0, 0.05) is 29.0 Å². The van der Waals surface area contributed by atoms with Crippen molar-refractivity contribution in [1.29, 1.82) is 0 Å². The van der Waals surface area contributed by atoms with Gasteiger partial charge < -0.3 is 49.4 Å². The highest BCUT2D eigenvalue weighted by molar-refractivity contribution is 6.31. The average Bonchev–Trinajstić information content (AvgIpc) is 3.14. The Morgan fingerprint density at radius 1 is 1.02 bits per heavy atom. The van der Waals surface area contributed by atoms with Gasteiger partial charge in [-0.25, -0.2) is 4.79 Å². The molecule has 5 N–H and O–H groups in total. The fourth-order valence-electron chi connectivity index (χ4n) is 6.99. The van der Waals surface area contributed by atoms with E-state index in [0.29, 0.717) is 11.3 Å². The Bertz CT molecular complexity index is 1950. The smallest absolute Gasteiger partial charge is 0.407 e. The van der Waals surface area contributed by atoms with E-state index in [1.54, 1.807) is 31.2 Å². The number of benzene rings is 3. The predicted octanol–water partition coefficient (Wildman–Crippen LogP) is 2.87. The number of ether oxygens (including phenoxy) is 5. The molecule has 1 unspecified atom stereocenters. The number of aromatic hydroxyl groups is 2. The van der Waals surface area contributed by atoms with Crippen LogP contribution in [0.1, 0.15) is 74.4 Å². The molecule has 3 aromatic rings. The maximum atomic E-state index is 13.9. The number of phenolic OH excluding ortho intramolecular Hbond substituents is 2. The Hall–Kier alpha value is -5.46. The highest BCUT2D eigenvalue weighted by Crippen LogP contribution is 2.51. The monoisotopic (exact) mass is 715 g/mol. The Morgan fingerprint density at radius 3 is 2.44 bits per heavy atom. The molecule has 1 aliphatic heterocycles. The molecule has 52 heavy (non-hydrogen) atoms. The molecule has 0 bridgehead atoms. The summed E-state index contributed by atoms with van der Waals surface area (Å²) in [6.45, 7) is 0.780. The summed E-state index contributed by atoms with van der Waals surface area (Å²) in [4.78, 5) is 53.2. The van der Waals surface area contributed by atoms with E-state index >= 15 is 0 Å². The summed E-state index contributed by atoms with van der Waals surface area (Å²) in [5.74, 6) is -1.14. The van der Waals surface area contributed by atoms with E-state index in [1.165, 1.54) is 25.3 Å². The molecule has 1 heterocycles. The molecule has 272 valence electrons. The number of methoxy groups -OCH3 is 1. The van der Waals surface area contributed by atoms with Gasteiger partial charge in [-0.3, -0.25) is 14.4 Å². The van der Waals surface area contributed by atoms with Crippen molar-refractivity contribution in [3.05, 3.63) is 81.4 Å². The van der Waals surface area contributed by atoms with Crippen LogP contribution >= 0.6 is 0 Å². The van der Waals surface area contributed by atoms with Gasteiger partial charge in [-0.05, 0) is 43.5 Å². The summed E-state index contributed by atoms with van der Waals surface area (Å²) in [7, 11) is 1.33. The van der Waals surface area contributed by atoms with Crippen LogP contribution < -0.4 is 14.8 Å². The Balaban J connectivity index is 1.25. The molecule has 1 saturated heterocycles. The molecule has 6 rings (SSSR count). The van der Waals surface area contributed by atoms with Gasteiger partial charge in [0.15, 0.2) is 17.9 Å². The SMILES string of the molecule is C#CCOc1ccc(COC(=O)N[C@H]2C[C@H](O[C@H]3CC(C(=O)CO)Cc4c(O)c5c(c(O)c43)C(=O)c3c(OC)cccc3C5=O)O[C@@H](C)[C@H]2O)cc1. The second kappa shape index (κ2) is 15.0. The zero-order chi connectivity index (χ0) is 37.3. The van der Waals surface area contributed by atoms with Crippen LogP contribution in [0, 0.1) is 18.3 Å². The van der Waals surface area contributed by atoms with E-state index in [4.69, 9.17) is 30.1 Å². The van der Waals surface area contributed by atoms with Crippen LogP contribution in [0.15, 0.2) is 42.5 Å². The molecule has 0 radical (unpaired) electrons. The first-order valence-electron chi connectivity index (χ1n) is 16.5. The van der Waals surface area contributed by atoms with Crippen LogP contribution in [-0.2, 0) is 32.0 Å². The van der Waals surface area contributed by atoms with Crippen molar-refractivity contribution in [3.63, 3.8) is 0 Å². The molecular weight excluding hydrogens is 678 g/mol. The van der Waals surface area contributed by atoms with E-state index in [-0.39, 0.29) is 60.5 Å². The second-order valence-electron chi connectivity index (χ2n) is 12.7. The van der Waals surface area contributed by atoms with Crippen molar-refractivity contribution in [3.8, 4) is 35.3 Å². The van der Waals surface area contributed by atoms with Crippen LogP contribution in [0.25, 0.3) is 0 Å². The zero-order valence-electron chi connectivity index (χ0n) is 28.3. The van der Waals surface area contributed by atoms with Crippen molar-refractivity contribution in [2.24, 2.45) is 5.92 Å². The molecule has 1 amide bonds. The maximum absolute atomic E-state index is 13.9. The number of carbonyl (C=O) groups excluding carboxylic acids is 4. The Morgan fingerprint density at radius 2 is 1.75 bits per heavy atom. The number of aliphatic hydroxyl groups excluding tert-OH is 2. The number of hydrogen-bond donors (Lipinski definition) is 5. The minimum absolute atomic E-state index is 0.00424. The van der Waals surface area contributed by atoms with Gasteiger partial charge in [0.2, 0.25) is 5.78 Å². The largest absolute Gasteiger partial charge is 0.507 e. The molecule has 2 aliphatic carbocycles. The molecule has 1 fully saturated rings. The van der Waals surface area contributed by atoms with Gasteiger partial charge in [0.05, 0.1) is 42.0 Å². The third-order valence-electron chi connectivity index (χ3n) is 9.58. The normalized spacial score (nSPS) is 23.4. The Kier molecular flexibility index (Phi) is 10.5. The van der Waals surface area contributed by atoms with Gasteiger partial charge >= 0.3 is 6.09 Å². The summed E-state index contributed by atoms with van der Waals surface area (Å²) in [5, 5.41) is 46.5. The minimum atomic E-state index is -1.20. The first-order valence-corrected chi connectivity index (χ1v) is 16.5. The molecule has 3 aliphatic rings. The van der Waals surface area contributed by atoms with Crippen LogP contribution in [0.3, 0.4) is 0 Å². The summed E-state index contributed by atoms with van der Waals surface area (Å²) in [5.41, 5.74) is -0.320. The highest BCUT2D eigenvalue weighted by atomic mass is 16.7. The number of carbonyl (C=O) groups is 4. The van der Waals surface area contributed by atoms with Crippen LogP contribution in [-0.4, -0.2) is 88.7 Å². The number of rotatable bonds is 10. The second-order valence-corrected chi connectivity index (χ2v) is 12.7. The van der Waals surface area contributed by atoms with Crippen molar-refractivity contribution >= 4 is 23.4 Å². The molecule has 0 saturated carbocycles. The third-order valence-corrected chi connectivity index (χ3v) is 9.58. The number of alkyl carbamates (subject to hydrolysis) is 1. The number of aliphatic hydroxyl groups is 2. The fourth-order valence-corrected chi connectivity index (χ4v) is 6.99. The average molecular weight is 716 g/mol. The zero-order valence-corrected chi connectivity index (χ0v) is 28.3.